The number of benzene rings is 1. The molecule has 2 N–H and O–H groups in total. The first-order chi connectivity index (χ1) is 8.67. The van der Waals surface area contributed by atoms with Crippen LogP contribution in [0.5, 0.6) is 5.75 Å². The van der Waals surface area contributed by atoms with E-state index >= 15 is 0 Å². The van der Waals surface area contributed by atoms with E-state index in [1.54, 1.807) is 0 Å². The van der Waals surface area contributed by atoms with Gasteiger partial charge in [-0.2, -0.15) is 11.8 Å². The molecule has 0 aliphatic heterocycles. The Bertz CT molecular complexity index is 360. The van der Waals surface area contributed by atoms with Crippen molar-refractivity contribution in [3.63, 3.8) is 0 Å². The fourth-order valence-electron chi connectivity index (χ4n) is 1.62. The van der Waals surface area contributed by atoms with Crippen molar-refractivity contribution in [1.29, 1.82) is 0 Å². The highest BCUT2D eigenvalue weighted by molar-refractivity contribution is 9.10. The number of ether oxygens (including phenoxy) is 1. The molecule has 0 spiro atoms. The highest BCUT2D eigenvalue weighted by Crippen LogP contribution is 2.26. The summed E-state index contributed by atoms with van der Waals surface area (Å²) in [6.07, 6.45) is 5.12. The fourth-order valence-corrected chi connectivity index (χ4v) is 2.57. The predicted molar refractivity (Wildman–Crippen MR) is 84.6 cm³/mol. The van der Waals surface area contributed by atoms with E-state index in [1.165, 1.54) is 5.56 Å². The van der Waals surface area contributed by atoms with Crippen LogP contribution >= 0.6 is 27.7 Å². The molecule has 1 aromatic rings. The summed E-state index contributed by atoms with van der Waals surface area (Å²) in [6.45, 7) is 2.89. The standard InChI is InChI=1S/C14H22BrNOS/c1-3-12(16)9-11-5-6-14(13(15)10-11)17-7-4-8-18-2/h5-6,10,12H,3-4,7-9,16H2,1-2H3. The molecule has 102 valence electrons. The van der Waals surface area contributed by atoms with Crippen LogP contribution in [0, 0.1) is 0 Å². The molecule has 0 aromatic heterocycles. The van der Waals surface area contributed by atoms with Gasteiger partial charge in [-0.3, -0.25) is 0 Å². The third-order valence-corrected chi connectivity index (χ3v) is 4.09. The van der Waals surface area contributed by atoms with Crippen molar-refractivity contribution in [2.45, 2.75) is 32.2 Å². The zero-order valence-corrected chi connectivity index (χ0v) is 13.5. The second kappa shape index (κ2) is 8.83. The van der Waals surface area contributed by atoms with Crippen molar-refractivity contribution in [2.75, 3.05) is 18.6 Å². The molecule has 0 bridgehead atoms. The highest BCUT2D eigenvalue weighted by Gasteiger charge is 2.05. The summed E-state index contributed by atoms with van der Waals surface area (Å²) < 4.78 is 6.75. The first-order valence-electron chi connectivity index (χ1n) is 6.33. The lowest BCUT2D eigenvalue weighted by Gasteiger charge is -2.12. The Hall–Kier alpha value is -0.190. The Labute approximate surface area is 123 Å². The van der Waals surface area contributed by atoms with Crippen molar-refractivity contribution in [2.24, 2.45) is 5.73 Å². The van der Waals surface area contributed by atoms with Crippen LogP contribution < -0.4 is 10.5 Å². The van der Waals surface area contributed by atoms with E-state index in [9.17, 15) is 0 Å². The summed E-state index contributed by atoms with van der Waals surface area (Å²) in [7, 11) is 0. The molecule has 0 radical (unpaired) electrons. The van der Waals surface area contributed by atoms with Crippen molar-refractivity contribution >= 4 is 27.7 Å². The molecule has 1 aromatic carbocycles. The Morgan fingerprint density at radius 2 is 2.22 bits per heavy atom. The van der Waals surface area contributed by atoms with Gasteiger partial charge in [-0.15, -0.1) is 0 Å². The van der Waals surface area contributed by atoms with Gasteiger partial charge < -0.3 is 10.5 Å². The molecule has 0 aliphatic rings. The van der Waals surface area contributed by atoms with Crippen LogP contribution in [0.2, 0.25) is 0 Å². The van der Waals surface area contributed by atoms with Crippen LogP contribution in [0.4, 0.5) is 0 Å². The minimum absolute atomic E-state index is 0.241. The molecule has 4 heteroatoms. The van der Waals surface area contributed by atoms with Crippen molar-refractivity contribution in [1.82, 2.24) is 0 Å². The van der Waals surface area contributed by atoms with Gasteiger partial charge in [0.15, 0.2) is 0 Å². The smallest absolute Gasteiger partial charge is 0.133 e. The number of nitrogens with two attached hydrogens (primary N) is 1. The number of rotatable bonds is 8. The number of thioether (sulfide) groups is 1. The zero-order chi connectivity index (χ0) is 13.4. The van der Waals surface area contributed by atoms with E-state index in [0.29, 0.717) is 0 Å². The maximum absolute atomic E-state index is 5.96. The highest BCUT2D eigenvalue weighted by atomic mass is 79.9. The van der Waals surface area contributed by atoms with Gasteiger partial charge in [0.25, 0.3) is 0 Å². The minimum atomic E-state index is 0.241. The maximum atomic E-state index is 5.96. The molecule has 0 fully saturated rings. The van der Waals surface area contributed by atoms with Gasteiger partial charge in [-0.05, 0) is 64.9 Å². The first-order valence-corrected chi connectivity index (χ1v) is 8.51. The van der Waals surface area contributed by atoms with Gasteiger partial charge in [0.05, 0.1) is 11.1 Å². The third-order valence-electron chi connectivity index (χ3n) is 2.77. The molecule has 1 rings (SSSR count). The van der Waals surface area contributed by atoms with E-state index in [1.807, 2.05) is 17.8 Å². The molecular weight excluding hydrogens is 310 g/mol. The first kappa shape index (κ1) is 15.9. The SMILES string of the molecule is CCC(N)Cc1ccc(OCCCSC)c(Br)c1. The average molecular weight is 332 g/mol. The number of hydrogen-bond acceptors (Lipinski definition) is 3. The summed E-state index contributed by atoms with van der Waals surface area (Å²) in [5.41, 5.74) is 7.21. The normalized spacial score (nSPS) is 12.4. The Kier molecular flexibility index (Phi) is 7.79. The second-order valence-corrected chi connectivity index (χ2v) is 6.17. The van der Waals surface area contributed by atoms with E-state index in [2.05, 4.69) is 41.2 Å². The lowest BCUT2D eigenvalue weighted by Crippen LogP contribution is -2.21. The molecule has 0 saturated carbocycles. The van der Waals surface area contributed by atoms with Crippen LogP contribution in [0.1, 0.15) is 25.3 Å². The van der Waals surface area contributed by atoms with E-state index in [0.717, 1.165) is 41.8 Å². The van der Waals surface area contributed by atoms with Crippen LogP contribution in [0.3, 0.4) is 0 Å². The van der Waals surface area contributed by atoms with Crippen LogP contribution in [-0.2, 0) is 6.42 Å². The largest absolute Gasteiger partial charge is 0.492 e. The summed E-state index contributed by atoms with van der Waals surface area (Å²) in [4.78, 5) is 0. The van der Waals surface area contributed by atoms with Crippen molar-refractivity contribution in [3.8, 4) is 5.75 Å². The molecule has 18 heavy (non-hydrogen) atoms. The monoisotopic (exact) mass is 331 g/mol. The lowest BCUT2D eigenvalue weighted by molar-refractivity contribution is 0.316. The summed E-state index contributed by atoms with van der Waals surface area (Å²) in [5, 5.41) is 0. The molecule has 0 aliphatic carbocycles. The molecule has 2 nitrogen and oxygen atoms in total. The summed E-state index contributed by atoms with van der Waals surface area (Å²) >= 11 is 5.40. The van der Waals surface area contributed by atoms with Crippen molar-refractivity contribution < 1.29 is 4.74 Å². The van der Waals surface area contributed by atoms with Gasteiger partial charge in [0.1, 0.15) is 5.75 Å². The molecule has 0 amide bonds. The van der Waals surface area contributed by atoms with Gasteiger partial charge >= 0.3 is 0 Å². The van der Waals surface area contributed by atoms with Gasteiger partial charge in [0, 0.05) is 6.04 Å². The zero-order valence-electron chi connectivity index (χ0n) is 11.1. The molecule has 1 unspecified atom stereocenters. The molecular formula is C14H22BrNOS. The van der Waals surface area contributed by atoms with E-state index in [-0.39, 0.29) is 6.04 Å². The second-order valence-electron chi connectivity index (χ2n) is 4.33. The Balaban J connectivity index is 2.51. The van der Waals surface area contributed by atoms with Gasteiger partial charge in [-0.1, -0.05) is 13.0 Å². The van der Waals surface area contributed by atoms with Crippen molar-refractivity contribution in [3.05, 3.63) is 28.2 Å². The molecule has 0 saturated heterocycles. The summed E-state index contributed by atoms with van der Waals surface area (Å²) in [5.74, 6) is 2.06. The fraction of sp³-hybridized carbons (Fsp3) is 0.571. The lowest BCUT2D eigenvalue weighted by atomic mass is 10.0. The number of hydrogen-bond donors (Lipinski definition) is 1. The quantitative estimate of drug-likeness (QED) is 0.734. The van der Waals surface area contributed by atoms with E-state index < -0.39 is 0 Å². The molecule has 1 atom stereocenters. The Morgan fingerprint density at radius 3 is 2.83 bits per heavy atom. The Morgan fingerprint density at radius 1 is 1.44 bits per heavy atom. The van der Waals surface area contributed by atoms with Crippen LogP contribution in [-0.4, -0.2) is 24.7 Å². The third kappa shape index (κ3) is 5.63. The predicted octanol–water partition coefficient (Wildman–Crippen LogP) is 3.86. The molecule has 0 heterocycles. The van der Waals surface area contributed by atoms with E-state index in [4.69, 9.17) is 10.5 Å². The minimum Gasteiger partial charge on any atom is -0.492 e. The number of halogens is 1. The van der Waals surface area contributed by atoms with Crippen LogP contribution in [0.15, 0.2) is 22.7 Å². The summed E-state index contributed by atoms with van der Waals surface area (Å²) in [6, 6.07) is 6.48. The van der Waals surface area contributed by atoms with Gasteiger partial charge in [-0.25, -0.2) is 0 Å². The average Bonchev–Trinajstić information content (AvgIpc) is 2.36. The topological polar surface area (TPSA) is 35.2 Å². The van der Waals surface area contributed by atoms with Gasteiger partial charge in [0.2, 0.25) is 0 Å². The maximum Gasteiger partial charge on any atom is 0.133 e. The van der Waals surface area contributed by atoms with Crippen LogP contribution in [0.25, 0.3) is 0 Å².